The highest BCUT2D eigenvalue weighted by atomic mass is 35.5. The lowest BCUT2D eigenvalue weighted by molar-refractivity contribution is -0.138. The van der Waals surface area contributed by atoms with Gasteiger partial charge < -0.3 is 24.3 Å². The quantitative estimate of drug-likeness (QED) is 0.344. The predicted octanol–water partition coefficient (Wildman–Crippen LogP) is 3.37. The van der Waals surface area contributed by atoms with E-state index < -0.39 is 46.2 Å². The summed E-state index contributed by atoms with van der Waals surface area (Å²) in [4.78, 5) is 28.6. The number of rotatable bonds is 12. The van der Waals surface area contributed by atoms with E-state index in [2.05, 4.69) is 10.0 Å². The molecule has 0 aromatic heterocycles. The van der Waals surface area contributed by atoms with Gasteiger partial charge in [-0.1, -0.05) is 48.0 Å². The summed E-state index contributed by atoms with van der Waals surface area (Å²) in [6.07, 6.45) is 1.62. The first kappa shape index (κ1) is 33.4. The lowest BCUT2D eigenvalue weighted by Crippen LogP contribution is -2.56. The van der Waals surface area contributed by atoms with Gasteiger partial charge in [0.15, 0.2) is 0 Å². The van der Waals surface area contributed by atoms with Crippen molar-refractivity contribution in [1.29, 1.82) is 0 Å². The van der Waals surface area contributed by atoms with E-state index >= 15 is 0 Å². The lowest BCUT2D eigenvalue weighted by atomic mass is 9.75. The standard InChI is InChI=1S/C30H41BClN3O7S/c1-29(2)30(3,4)42-31(41-29)26(15-8-12-22-10-6-5-7-11-22)33-28(37)25(21-27(36)35-16-18-40-19-17-35)34-43(38,39)24-14-9-13-23(32)20-24/h5-7,9-11,13-14,20,25-26,34H,8,12,15-19,21H2,1-4H3,(H,33,37). The Balaban J connectivity index is 1.56. The number of halogens is 1. The highest BCUT2D eigenvalue weighted by Gasteiger charge is 2.54. The molecule has 2 heterocycles. The van der Waals surface area contributed by atoms with Crippen LogP contribution in [0.25, 0.3) is 0 Å². The van der Waals surface area contributed by atoms with Gasteiger partial charge in [-0.2, -0.15) is 4.72 Å². The highest BCUT2D eigenvalue weighted by Crippen LogP contribution is 2.38. The minimum absolute atomic E-state index is 0.109. The number of sulfonamides is 1. The fraction of sp³-hybridized carbons (Fsp3) is 0.533. The van der Waals surface area contributed by atoms with Gasteiger partial charge in [0.05, 0.1) is 41.7 Å². The predicted molar refractivity (Wildman–Crippen MR) is 165 cm³/mol. The first-order valence-electron chi connectivity index (χ1n) is 14.6. The van der Waals surface area contributed by atoms with E-state index in [4.69, 9.17) is 25.6 Å². The Labute approximate surface area is 260 Å². The molecule has 2 aromatic carbocycles. The Morgan fingerprint density at radius 3 is 2.28 bits per heavy atom. The Bertz CT molecular complexity index is 1350. The van der Waals surface area contributed by atoms with Gasteiger partial charge in [0.2, 0.25) is 21.8 Å². The molecule has 13 heteroatoms. The first-order chi connectivity index (χ1) is 20.3. The molecule has 2 unspecified atom stereocenters. The van der Waals surface area contributed by atoms with E-state index in [0.29, 0.717) is 39.1 Å². The van der Waals surface area contributed by atoms with E-state index in [1.807, 2.05) is 58.0 Å². The molecule has 0 radical (unpaired) electrons. The van der Waals surface area contributed by atoms with Crippen LogP contribution in [0.4, 0.5) is 0 Å². The van der Waals surface area contributed by atoms with E-state index in [1.165, 1.54) is 18.2 Å². The third-order valence-corrected chi connectivity index (χ3v) is 9.92. The molecule has 2 aliphatic rings. The fourth-order valence-corrected chi connectivity index (χ4v) is 6.47. The van der Waals surface area contributed by atoms with Crippen LogP contribution in [0, 0.1) is 0 Å². The van der Waals surface area contributed by atoms with Crippen LogP contribution in [-0.2, 0) is 40.1 Å². The number of ether oxygens (including phenoxy) is 1. The Morgan fingerprint density at radius 2 is 1.65 bits per heavy atom. The number of nitrogens with zero attached hydrogens (tertiary/aromatic N) is 1. The number of nitrogens with one attached hydrogen (secondary N) is 2. The molecular weight excluding hydrogens is 593 g/mol. The highest BCUT2D eigenvalue weighted by molar-refractivity contribution is 7.89. The fourth-order valence-electron chi connectivity index (χ4n) is 4.98. The maximum atomic E-state index is 13.9. The minimum atomic E-state index is -4.20. The topological polar surface area (TPSA) is 123 Å². The van der Waals surface area contributed by atoms with Gasteiger partial charge in [0, 0.05) is 18.1 Å². The molecule has 0 spiro atoms. The van der Waals surface area contributed by atoms with Gasteiger partial charge >= 0.3 is 7.12 Å². The zero-order valence-corrected chi connectivity index (χ0v) is 26.7. The first-order valence-corrected chi connectivity index (χ1v) is 16.5. The van der Waals surface area contributed by atoms with Gasteiger partial charge in [0.25, 0.3) is 0 Å². The van der Waals surface area contributed by atoms with E-state index in [9.17, 15) is 18.0 Å². The van der Waals surface area contributed by atoms with Gasteiger partial charge in [-0.3, -0.25) is 9.59 Å². The van der Waals surface area contributed by atoms with E-state index in [-0.39, 0.29) is 22.2 Å². The number of aryl methyl sites for hydroxylation is 1. The molecule has 2 N–H and O–H groups in total. The SMILES string of the molecule is CC1(C)OB(C(CCCc2ccccc2)NC(=O)C(CC(=O)N2CCOCC2)NS(=O)(=O)c2cccc(Cl)c2)OC1(C)C. The van der Waals surface area contributed by atoms with Crippen LogP contribution in [-0.4, -0.2) is 81.7 Å². The second-order valence-electron chi connectivity index (χ2n) is 11.9. The minimum Gasteiger partial charge on any atom is -0.402 e. The van der Waals surface area contributed by atoms with Crippen LogP contribution in [0.5, 0.6) is 0 Å². The molecule has 234 valence electrons. The molecule has 2 atom stereocenters. The van der Waals surface area contributed by atoms with Crippen LogP contribution in [0.15, 0.2) is 59.5 Å². The number of hydrogen-bond donors (Lipinski definition) is 2. The van der Waals surface area contributed by atoms with Crippen molar-refractivity contribution in [2.24, 2.45) is 0 Å². The summed E-state index contributed by atoms with van der Waals surface area (Å²) < 4.78 is 47.1. The zero-order chi connectivity index (χ0) is 31.3. The maximum Gasteiger partial charge on any atom is 0.481 e. The molecule has 2 fully saturated rings. The largest absolute Gasteiger partial charge is 0.481 e. The molecule has 2 aromatic rings. The Morgan fingerprint density at radius 1 is 1.00 bits per heavy atom. The number of carbonyl (C=O) groups is 2. The van der Waals surface area contributed by atoms with Crippen LogP contribution in [0.3, 0.4) is 0 Å². The average molecular weight is 634 g/mol. The van der Waals surface area contributed by atoms with Gasteiger partial charge in [-0.15, -0.1) is 0 Å². The number of carbonyl (C=O) groups excluding carboxylic acids is 2. The number of amides is 2. The van der Waals surface area contributed by atoms with Crippen LogP contribution >= 0.6 is 11.6 Å². The molecule has 10 nitrogen and oxygen atoms in total. The second-order valence-corrected chi connectivity index (χ2v) is 14.1. The Kier molecular flexibility index (Phi) is 11.0. The summed E-state index contributed by atoms with van der Waals surface area (Å²) in [6, 6.07) is 14.3. The molecule has 2 saturated heterocycles. The molecular formula is C30H41BClN3O7S. The number of morpholine rings is 1. The molecule has 2 amide bonds. The van der Waals surface area contributed by atoms with Crippen molar-refractivity contribution in [2.75, 3.05) is 26.3 Å². The summed E-state index contributed by atoms with van der Waals surface area (Å²) in [7, 11) is -4.97. The second kappa shape index (κ2) is 14.1. The Hall–Kier alpha value is -2.48. The van der Waals surface area contributed by atoms with Crippen molar-refractivity contribution >= 4 is 40.6 Å². The summed E-state index contributed by atoms with van der Waals surface area (Å²) in [5.41, 5.74) is -0.121. The zero-order valence-electron chi connectivity index (χ0n) is 25.2. The summed E-state index contributed by atoms with van der Waals surface area (Å²) in [5, 5.41) is 3.21. The number of hydrogen-bond acceptors (Lipinski definition) is 7. The van der Waals surface area contributed by atoms with E-state index in [0.717, 1.165) is 12.0 Å². The molecule has 4 rings (SSSR count). The van der Waals surface area contributed by atoms with Gasteiger partial charge in [-0.05, 0) is 70.7 Å². The summed E-state index contributed by atoms with van der Waals surface area (Å²) in [5.74, 6) is -1.60. The van der Waals surface area contributed by atoms with Crippen molar-refractivity contribution in [3.63, 3.8) is 0 Å². The van der Waals surface area contributed by atoms with Crippen LogP contribution < -0.4 is 10.0 Å². The van der Waals surface area contributed by atoms with Crippen molar-refractivity contribution in [2.45, 2.75) is 81.5 Å². The van der Waals surface area contributed by atoms with Crippen molar-refractivity contribution < 1.29 is 32.1 Å². The molecule has 43 heavy (non-hydrogen) atoms. The average Bonchev–Trinajstić information content (AvgIpc) is 3.19. The van der Waals surface area contributed by atoms with Gasteiger partial charge in [-0.25, -0.2) is 8.42 Å². The molecule has 0 saturated carbocycles. The van der Waals surface area contributed by atoms with Crippen molar-refractivity contribution in [3.05, 3.63) is 65.2 Å². The normalized spacial score (nSPS) is 19.6. The van der Waals surface area contributed by atoms with Crippen molar-refractivity contribution in [3.8, 4) is 0 Å². The summed E-state index contributed by atoms with van der Waals surface area (Å²) >= 11 is 6.04. The summed E-state index contributed by atoms with van der Waals surface area (Å²) in [6.45, 7) is 9.20. The monoisotopic (exact) mass is 633 g/mol. The van der Waals surface area contributed by atoms with Crippen LogP contribution in [0.2, 0.25) is 5.02 Å². The smallest absolute Gasteiger partial charge is 0.402 e. The van der Waals surface area contributed by atoms with Gasteiger partial charge in [0.1, 0.15) is 6.04 Å². The lowest BCUT2D eigenvalue weighted by Gasteiger charge is -2.32. The van der Waals surface area contributed by atoms with Crippen LogP contribution in [0.1, 0.15) is 52.5 Å². The maximum absolute atomic E-state index is 13.9. The molecule has 2 aliphatic heterocycles. The molecule has 0 bridgehead atoms. The third-order valence-electron chi connectivity index (χ3n) is 8.21. The molecule has 0 aliphatic carbocycles. The number of benzene rings is 2. The third kappa shape index (κ3) is 8.80. The van der Waals surface area contributed by atoms with Crippen molar-refractivity contribution in [1.82, 2.24) is 14.9 Å². The van der Waals surface area contributed by atoms with E-state index in [1.54, 1.807) is 11.0 Å².